The van der Waals surface area contributed by atoms with Gasteiger partial charge in [-0.2, -0.15) is 11.8 Å². The Balaban J connectivity index is 0. The van der Waals surface area contributed by atoms with Crippen LogP contribution in [0.2, 0.25) is 0 Å². The molecule has 6 heteroatoms. The summed E-state index contributed by atoms with van der Waals surface area (Å²) in [5.41, 5.74) is -0.639. The van der Waals surface area contributed by atoms with Gasteiger partial charge >= 0.3 is 58.4 Å². The third kappa shape index (κ3) is 14.7. The van der Waals surface area contributed by atoms with Crippen LogP contribution in [0, 0.1) is 0 Å². The van der Waals surface area contributed by atoms with E-state index in [0.29, 0.717) is 5.75 Å². The topological polar surface area (TPSA) is 0 Å². The number of hydrogen-bond acceptors (Lipinski definition) is 1. The van der Waals surface area contributed by atoms with Crippen molar-refractivity contribution in [1.29, 1.82) is 0 Å². The summed E-state index contributed by atoms with van der Waals surface area (Å²) in [6.07, 6.45) is 1.86. The van der Waals surface area contributed by atoms with E-state index >= 15 is 0 Å². The zero-order valence-electron chi connectivity index (χ0n) is 6.95. The van der Waals surface area contributed by atoms with E-state index in [1.807, 2.05) is 6.92 Å². The second-order valence-electron chi connectivity index (χ2n) is 2.14. The molecule has 11 heavy (non-hydrogen) atoms. The molecule has 0 aliphatic heterocycles. The zero-order chi connectivity index (χ0) is 8.04. The van der Waals surface area contributed by atoms with Crippen molar-refractivity contribution < 1.29 is 64.3 Å². The number of hydrogen-bond donors (Lipinski definition) is 0. The van der Waals surface area contributed by atoms with Crippen LogP contribution in [0.4, 0.5) is 12.9 Å². The first kappa shape index (κ1) is 15.3. The van der Waals surface area contributed by atoms with E-state index in [1.54, 1.807) is 0 Å². The molecule has 0 aliphatic rings. The van der Waals surface area contributed by atoms with E-state index in [9.17, 15) is 12.9 Å². The van der Waals surface area contributed by atoms with Gasteiger partial charge in [0.15, 0.2) is 0 Å². The minimum absolute atomic E-state index is 0. The first-order valence-corrected chi connectivity index (χ1v) is 4.50. The summed E-state index contributed by atoms with van der Waals surface area (Å²) in [6, 6.07) is 0. The predicted octanol–water partition coefficient (Wildman–Crippen LogP) is -0.0897. The molecule has 62 valence electrons. The van der Waals surface area contributed by atoms with Crippen LogP contribution in [0.1, 0.15) is 19.8 Å². The van der Waals surface area contributed by atoms with Gasteiger partial charge in [0.2, 0.25) is 0 Å². The Kier molecular flexibility index (Phi) is 11.8. The predicted molar refractivity (Wildman–Crippen MR) is 41.3 cm³/mol. The molecule has 0 aromatic carbocycles. The molecule has 0 atom stereocenters. The fraction of sp³-hybridized carbons (Fsp3) is 1.00. The normalized spacial score (nSPS) is 10.9. The molecule has 0 fully saturated rings. The molecule has 0 aromatic rings. The van der Waals surface area contributed by atoms with Crippen LogP contribution >= 0.6 is 11.8 Å². The summed E-state index contributed by atoms with van der Waals surface area (Å²) in [5.74, 6) is 0.637. The average molecular weight is 210 g/mol. The maximum Gasteiger partial charge on any atom is 1.00 e. The molecular formula is C5H11BF3KS. The van der Waals surface area contributed by atoms with Crippen LogP contribution in [-0.4, -0.2) is 18.4 Å². The molecule has 0 heterocycles. The van der Waals surface area contributed by atoms with Gasteiger partial charge in [-0.15, -0.1) is 0 Å². The van der Waals surface area contributed by atoms with E-state index < -0.39 is 12.6 Å². The number of unbranched alkanes of at least 4 members (excludes halogenated alkanes) is 1. The Labute approximate surface area is 113 Å². The van der Waals surface area contributed by atoms with Crippen LogP contribution in [0.15, 0.2) is 0 Å². The molecule has 0 amide bonds. The monoisotopic (exact) mass is 210 g/mol. The summed E-state index contributed by atoms with van der Waals surface area (Å²) in [7, 11) is 0. The first-order chi connectivity index (χ1) is 4.56. The Morgan fingerprint density at radius 3 is 2.18 bits per heavy atom. The summed E-state index contributed by atoms with van der Waals surface area (Å²) < 4.78 is 34.6. The Morgan fingerprint density at radius 1 is 1.27 bits per heavy atom. The van der Waals surface area contributed by atoms with Crippen LogP contribution in [0.25, 0.3) is 0 Å². The van der Waals surface area contributed by atoms with E-state index in [4.69, 9.17) is 0 Å². The van der Waals surface area contributed by atoms with Gasteiger partial charge < -0.3 is 12.9 Å². The zero-order valence-corrected chi connectivity index (χ0v) is 10.9. The third-order valence-corrected chi connectivity index (χ3v) is 2.14. The van der Waals surface area contributed by atoms with Crippen molar-refractivity contribution in [3.63, 3.8) is 0 Å². The van der Waals surface area contributed by atoms with E-state index in [2.05, 4.69) is 0 Å². The van der Waals surface area contributed by atoms with Crippen molar-refractivity contribution >= 4 is 18.7 Å². The first-order valence-electron chi connectivity index (χ1n) is 3.35. The van der Waals surface area contributed by atoms with Gasteiger partial charge in [0.05, 0.1) is 0 Å². The summed E-state index contributed by atoms with van der Waals surface area (Å²) in [4.78, 5) is 0. The van der Waals surface area contributed by atoms with Gasteiger partial charge in [0.25, 0.3) is 0 Å². The molecule has 0 unspecified atom stereocenters. The molecule has 0 nitrogen and oxygen atoms in total. The standard InChI is InChI=1S/C5H11BF3S.K/c1-2-3-4-10-5-6(7,8)9;/h2-5H2,1H3;/q-1;+1. The smallest absolute Gasteiger partial charge is 0.448 e. The van der Waals surface area contributed by atoms with Crippen LogP contribution in [-0.2, 0) is 0 Å². The van der Waals surface area contributed by atoms with Gasteiger partial charge in [-0.3, -0.25) is 0 Å². The van der Waals surface area contributed by atoms with Crippen molar-refractivity contribution in [1.82, 2.24) is 0 Å². The molecule has 0 bridgehead atoms. The van der Waals surface area contributed by atoms with Crippen molar-refractivity contribution in [2.45, 2.75) is 19.8 Å². The second kappa shape index (κ2) is 8.44. The fourth-order valence-electron chi connectivity index (χ4n) is 0.463. The van der Waals surface area contributed by atoms with Crippen molar-refractivity contribution in [3.8, 4) is 0 Å². The van der Waals surface area contributed by atoms with Crippen molar-refractivity contribution in [3.05, 3.63) is 0 Å². The molecule has 0 rings (SSSR count). The molecule has 0 N–H and O–H groups in total. The van der Waals surface area contributed by atoms with Gasteiger partial charge in [-0.25, -0.2) is 0 Å². The van der Waals surface area contributed by atoms with Gasteiger partial charge in [0, 0.05) is 0 Å². The van der Waals surface area contributed by atoms with Crippen LogP contribution in [0.5, 0.6) is 0 Å². The number of rotatable bonds is 5. The molecule has 0 spiro atoms. The number of thioether (sulfide) groups is 1. The minimum Gasteiger partial charge on any atom is -0.448 e. The van der Waals surface area contributed by atoms with Gasteiger partial charge in [0.1, 0.15) is 0 Å². The van der Waals surface area contributed by atoms with Crippen LogP contribution < -0.4 is 51.4 Å². The third-order valence-electron chi connectivity index (χ3n) is 0.949. The minimum atomic E-state index is -4.55. The Hall–Kier alpha value is 1.84. The average Bonchev–Trinajstić information content (AvgIpc) is 1.78. The second-order valence-corrected chi connectivity index (χ2v) is 3.29. The van der Waals surface area contributed by atoms with Gasteiger partial charge in [-0.05, 0) is 17.8 Å². The van der Waals surface area contributed by atoms with E-state index in [0.717, 1.165) is 24.6 Å². The largest absolute Gasteiger partial charge is 1.00 e. The van der Waals surface area contributed by atoms with Gasteiger partial charge in [-0.1, -0.05) is 13.3 Å². The molecule has 0 saturated carbocycles. The van der Waals surface area contributed by atoms with E-state index in [1.165, 1.54) is 0 Å². The molecule has 0 radical (unpaired) electrons. The summed E-state index contributed by atoms with van der Waals surface area (Å²) >= 11 is 0.988. The maximum absolute atomic E-state index is 11.5. The molecule has 0 saturated heterocycles. The quantitative estimate of drug-likeness (QED) is 0.451. The molecular weight excluding hydrogens is 199 g/mol. The summed E-state index contributed by atoms with van der Waals surface area (Å²) in [6.45, 7) is -2.58. The van der Waals surface area contributed by atoms with Crippen molar-refractivity contribution in [2.75, 3.05) is 11.4 Å². The SMILES string of the molecule is CCCCSC[B-](F)(F)F.[K+]. The number of halogens is 3. The summed E-state index contributed by atoms with van der Waals surface area (Å²) in [5, 5.41) is 0. The van der Waals surface area contributed by atoms with E-state index in [-0.39, 0.29) is 51.4 Å². The maximum atomic E-state index is 11.5. The molecule has 0 aliphatic carbocycles. The Morgan fingerprint density at radius 2 is 1.82 bits per heavy atom. The Bertz CT molecular complexity index is 88.3. The van der Waals surface area contributed by atoms with Crippen molar-refractivity contribution in [2.24, 2.45) is 0 Å². The fourth-order valence-corrected chi connectivity index (χ4v) is 1.39. The molecule has 0 aromatic heterocycles. The van der Waals surface area contributed by atoms with Crippen LogP contribution in [0.3, 0.4) is 0 Å².